The number of nitrogens with one attached hydrogen (secondary N) is 2. The van der Waals surface area contributed by atoms with Crippen LogP contribution in [0.5, 0.6) is 0 Å². The number of halogens is 2. The van der Waals surface area contributed by atoms with Crippen LogP contribution >= 0.6 is 35.1 Å². The van der Waals surface area contributed by atoms with Gasteiger partial charge in [-0.2, -0.15) is 0 Å². The second-order valence-corrected chi connectivity index (χ2v) is 10.8. The lowest BCUT2D eigenvalue weighted by Gasteiger charge is -2.18. The third-order valence-electron chi connectivity index (χ3n) is 5.17. The van der Waals surface area contributed by atoms with Crippen LogP contribution in [0, 0.1) is 0 Å². The molecule has 1 heterocycles. The Balaban J connectivity index is 1.64. The number of fused-ring (bicyclic) bond motifs is 3. The summed E-state index contributed by atoms with van der Waals surface area (Å²) in [6.07, 6.45) is 0.650. The summed E-state index contributed by atoms with van der Waals surface area (Å²) in [6, 6.07) is 17.0. The minimum Gasteiger partial charge on any atom is -0.451 e. The Hall–Kier alpha value is -2.71. The molecule has 4 rings (SSSR count). The molecular weight excluding hydrogens is 503 g/mol. The first-order chi connectivity index (χ1) is 16.6. The molecule has 0 fully saturated rings. The molecule has 0 spiro atoms. The fourth-order valence-electron chi connectivity index (χ4n) is 3.68. The smallest absolute Gasteiger partial charge is 0.383 e. The van der Waals surface area contributed by atoms with Crippen LogP contribution in [0.25, 0.3) is 21.8 Å². The Morgan fingerprint density at radius 3 is 2.49 bits per heavy atom. The topological polar surface area (TPSA) is 92.5 Å². The number of nitrogens with zero attached hydrogens (tertiary/aromatic N) is 1. The van der Waals surface area contributed by atoms with E-state index >= 15 is 0 Å². The van der Waals surface area contributed by atoms with Crippen molar-refractivity contribution in [3.8, 4) is 0 Å². The number of aliphatic imine (C=N–C) groups is 1. The number of rotatable bonds is 6. The van der Waals surface area contributed by atoms with Crippen LogP contribution in [-0.2, 0) is 11.2 Å². The molecule has 6 nitrogen and oxygen atoms in total. The molecule has 0 saturated heterocycles. The van der Waals surface area contributed by atoms with Crippen LogP contribution in [0.4, 0.5) is 10.5 Å². The van der Waals surface area contributed by atoms with E-state index in [1.807, 2.05) is 63.2 Å². The van der Waals surface area contributed by atoms with Gasteiger partial charge in [-0.05, 0) is 87.4 Å². The van der Waals surface area contributed by atoms with E-state index in [1.165, 1.54) is 0 Å². The van der Waals surface area contributed by atoms with Crippen molar-refractivity contribution in [1.29, 1.82) is 0 Å². The van der Waals surface area contributed by atoms with Crippen LogP contribution in [0.2, 0.25) is 10.0 Å². The molecule has 0 bridgehead atoms. The highest BCUT2D eigenvalue weighted by Crippen LogP contribution is 2.33. The average molecular weight is 529 g/mol. The van der Waals surface area contributed by atoms with Crippen molar-refractivity contribution in [3.63, 3.8) is 0 Å². The highest BCUT2D eigenvalue weighted by atomic mass is 35.5. The third kappa shape index (κ3) is 6.49. The molecule has 1 aromatic heterocycles. The molecule has 0 unspecified atom stereocenters. The maximum Gasteiger partial charge on any atom is 0.383 e. The van der Waals surface area contributed by atoms with Gasteiger partial charge in [0, 0.05) is 55.9 Å². The van der Waals surface area contributed by atoms with Gasteiger partial charge in [-0.25, -0.2) is 9.79 Å². The summed E-state index contributed by atoms with van der Waals surface area (Å²) in [4.78, 5) is 20.2. The molecule has 0 aliphatic carbocycles. The quantitative estimate of drug-likeness (QED) is 0.0797. The van der Waals surface area contributed by atoms with Crippen LogP contribution in [-0.4, -0.2) is 28.3 Å². The Labute approximate surface area is 218 Å². The van der Waals surface area contributed by atoms with Gasteiger partial charge in [0.2, 0.25) is 0 Å². The Morgan fingerprint density at radius 1 is 1.06 bits per heavy atom. The van der Waals surface area contributed by atoms with Crippen LogP contribution in [0.1, 0.15) is 31.9 Å². The molecular formula is C26H26Cl2N4O2S. The molecule has 9 heteroatoms. The zero-order chi connectivity index (χ0) is 25.2. The van der Waals surface area contributed by atoms with Crippen molar-refractivity contribution < 1.29 is 9.53 Å². The van der Waals surface area contributed by atoms with Gasteiger partial charge in [0.05, 0.1) is 5.69 Å². The monoisotopic (exact) mass is 528 g/mol. The number of carbonyl (C=O) groups excluding carboxylic acids is 1. The van der Waals surface area contributed by atoms with Crippen molar-refractivity contribution in [2.75, 3.05) is 6.54 Å². The predicted octanol–water partition coefficient (Wildman–Crippen LogP) is 7.38. The van der Waals surface area contributed by atoms with Gasteiger partial charge in [0.25, 0.3) is 0 Å². The van der Waals surface area contributed by atoms with Gasteiger partial charge in [0.15, 0.2) is 0 Å². The standard InChI is InChI=1S/C26H26Cl2N4O2S/c1-26(2,3)34-25(33)35-30-11-10-16-12-19(31-24(29)15-4-6-17(27)7-5-15)14-21-20-13-18(28)8-9-22(20)32-23(16)21/h4-9,12-14,30,32H,10-11H2,1-3H3,(H2,29,31). The van der Waals surface area contributed by atoms with Crippen molar-refractivity contribution in [2.45, 2.75) is 32.8 Å². The van der Waals surface area contributed by atoms with Crippen molar-refractivity contribution in [1.82, 2.24) is 9.71 Å². The zero-order valence-electron chi connectivity index (χ0n) is 19.6. The third-order valence-corrected chi connectivity index (χ3v) is 6.25. The number of benzene rings is 3. The molecule has 0 aliphatic heterocycles. The first kappa shape index (κ1) is 25.4. The summed E-state index contributed by atoms with van der Waals surface area (Å²) in [7, 11) is 0. The Kier molecular flexibility index (Phi) is 7.62. The number of hydrogen-bond acceptors (Lipinski definition) is 5. The van der Waals surface area contributed by atoms with E-state index in [4.69, 9.17) is 33.7 Å². The number of nitrogens with two attached hydrogens (primary N) is 1. The zero-order valence-corrected chi connectivity index (χ0v) is 21.9. The lowest BCUT2D eigenvalue weighted by molar-refractivity contribution is 0.0736. The first-order valence-electron chi connectivity index (χ1n) is 11.1. The molecule has 0 amide bonds. The van der Waals surface area contributed by atoms with Crippen molar-refractivity contribution >= 4 is 73.8 Å². The van der Waals surface area contributed by atoms with Crippen LogP contribution in [0.3, 0.4) is 0 Å². The SMILES string of the molecule is CC(C)(C)OC(=O)SNCCc1cc(N=C(N)c2ccc(Cl)cc2)cc2c1[nH]c1ccc(Cl)cc12. The maximum absolute atomic E-state index is 12.0. The van der Waals surface area contributed by atoms with E-state index in [1.54, 1.807) is 12.1 Å². The van der Waals surface area contributed by atoms with E-state index in [0.29, 0.717) is 28.8 Å². The van der Waals surface area contributed by atoms with Crippen molar-refractivity contribution in [3.05, 3.63) is 75.8 Å². The van der Waals surface area contributed by atoms with E-state index < -0.39 is 5.60 Å². The van der Waals surface area contributed by atoms with E-state index in [9.17, 15) is 4.79 Å². The molecule has 4 aromatic rings. The number of H-pyrrole nitrogens is 1. The highest BCUT2D eigenvalue weighted by molar-refractivity contribution is 8.11. The molecule has 3 aromatic carbocycles. The summed E-state index contributed by atoms with van der Waals surface area (Å²) in [5, 5.41) is 2.94. The summed E-state index contributed by atoms with van der Waals surface area (Å²) in [6.45, 7) is 6.07. The summed E-state index contributed by atoms with van der Waals surface area (Å²) >= 11 is 13.2. The number of ether oxygens (including phenoxy) is 1. The second kappa shape index (κ2) is 10.5. The molecule has 4 N–H and O–H groups in total. The van der Waals surface area contributed by atoms with Gasteiger partial charge in [0.1, 0.15) is 11.4 Å². The van der Waals surface area contributed by atoms with Crippen LogP contribution < -0.4 is 10.5 Å². The fraction of sp³-hybridized carbons (Fsp3) is 0.231. The van der Waals surface area contributed by atoms with Gasteiger partial charge in [-0.3, -0.25) is 4.72 Å². The van der Waals surface area contributed by atoms with E-state index in [-0.39, 0.29) is 5.30 Å². The normalized spacial score (nSPS) is 12.4. The number of aromatic amines is 1. The minimum atomic E-state index is -0.528. The first-order valence-corrected chi connectivity index (χ1v) is 12.6. The van der Waals surface area contributed by atoms with E-state index in [2.05, 4.69) is 14.7 Å². The summed E-state index contributed by atoms with van der Waals surface area (Å²) in [5.41, 5.74) is 10.3. The van der Waals surface area contributed by atoms with E-state index in [0.717, 1.165) is 50.6 Å². The Morgan fingerprint density at radius 2 is 1.77 bits per heavy atom. The van der Waals surface area contributed by atoms with Gasteiger partial charge in [-0.15, -0.1) is 0 Å². The molecule has 182 valence electrons. The van der Waals surface area contributed by atoms with Crippen LogP contribution in [0.15, 0.2) is 59.6 Å². The molecule has 0 atom stereocenters. The Bertz CT molecular complexity index is 1410. The highest BCUT2D eigenvalue weighted by Gasteiger charge is 2.17. The van der Waals surface area contributed by atoms with Gasteiger partial charge < -0.3 is 15.5 Å². The molecule has 0 radical (unpaired) electrons. The predicted molar refractivity (Wildman–Crippen MR) is 148 cm³/mol. The molecule has 35 heavy (non-hydrogen) atoms. The number of hydrogen-bond donors (Lipinski definition) is 3. The summed E-state index contributed by atoms with van der Waals surface area (Å²) < 4.78 is 8.42. The maximum atomic E-state index is 12.0. The van der Waals surface area contributed by atoms with Gasteiger partial charge in [-0.1, -0.05) is 23.2 Å². The fourth-order valence-corrected chi connectivity index (χ4v) is 4.59. The number of amidine groups is 1. The number of aromatic nitrogens is 1. The van der Waals surface area contributed by atoms with Gasteiger partial charge >= 0.3 is 5.30 Å². The summed E-state index contributed by atoms with van der Waals surface area (Å²) in [5.74, 6) is 0.392. The largest absolute Gasteiger partial charge is 0.451 e. The number of carbonyl (C=O) groups is 1. The molecule has 0 saturated carbocycles. The minimum absolute atomic E-state index is 0.364. The second-order valence-electron chi connectivity index (χ2n) is 9.06. The lowest BCUT2D eigenvalue weighted by Crippen LogP contribution is -2.23. The molecule has 0 aliphatic rings. The average Bonchev–Trinajstić information content (AvgIpc) is 3.14. The lowest BCUT2D eigenvalue weighted by atomic mass is 10.1. The van der Waals surface area contributed by atoms with Crippen molar-refractivity contribution in [2.24, 2.45) is 10.7 Å².